The van der Waals surface area contributed by atoms with E-state index in [0.29, 0.717) is 6.04 Å². The van der Waals surface area contributed by atoms with Crippen molar-refractivity contribution < 1.29 is 0 Å². The van der Waals surface area contributed by atoms with E-state index in [0.717, 1.165) is 12.5 Å². The van der Waals surface area contributed by atoms with Gasteiger partial charge in [0, 0.05) is 6.20 Å². The molecule has 0 aliphatic carbocycles. The minimum absolute atomic E-state index is 0.478. The highest BCUT2D eigenvalue weighted by molar-refractivity contribution is 5.11. The SMILES string of the molecule is CC1CCNC1c1ccccn1. The Morgan fingerprint density at radius 2 is 2.42 bits per heavy atom. The number of aromatic nitrogens is 1. The van der Waals surface area contributed by atoms with E-state index in [1.54, 1.807) is 0 Å². The fourth-order valence-electron chi connectivity index (χ4n) is 1.79. The van der Waals surface area contributed by atoms with Crippen molar-refractivity contribution in [3.05, 3.63) is 30.1 Å². The Kier molecular flexibility index (Phi) is 2.09. The molecule has 1 saturated heterocycles. The van der Waals surface area contributed by atoms with Gasteiger partial charge in [-0.3, -0.25) is 4.98 Å². The highest BCUT2D eigenvalue weighted by atomic mass is 15.0. The third-order valence-electron chi connectivity index (χ3n) is 2.54. The maximum absolute atomic E-state index is 4.35. The van der Waals surface area contributed by atoms with Crippen LogP contribution in [0.25, 0.3) is 0 Å². The van der Waals surface area contributed by atoms with E-state index in [1.165, 1.54) is 12.1 Å². The van der Waals surface area contributed by atoms with Crippen LogP contribution in [-0.4, -0.2) is 11.5 Å². The second-order valence-corrected chi connectivity index (χ2v) is 3.45. The van der Waals surface area contributed by atoms with Crippen LogP contribution in [0, 0.1) is 5.92 Å². The molecule has 2 heteroatoms. The molecule has 0 aromatic carbocycles. The van der Waals surface area contributed by atoms with Gasteiger partial charge in [0.05, 0.1) is 11.7 Å². The Balaban J connectivity index is 2.19. The third-order valence-corrected chi connectivity index (χ3v) is 2.54. The van der Waals surface area contributed by atoms with Gasteiger partial charge in [0.2, 0.25) is 0 Å². The molecule has 12 heavy (non-hydrogen) atoms. The molecule has 2 nitrogen and oxygen atoms in total. The lowest BCUT2D eigenvalue weighted by atomic mass is 10.0. The maximum atomic E-state index is 4.35. The monoisotopic (exact) mass is 162 g/mol. The topological polar surface area (TPSA) is 24.9 Å². The summed E-state index contributed by atoms with van der Waals surface area (Å²) >= 11 is 0. The minimum Gasteiger partial charge on any atom is -0.308 e. The summed E-state index contributed by atoms with van der Waals surface area (Å²) in [6.07, 6.45) is 3.13. The van der Waals surface area contributed by atoms with E-state index >= 15 is 0 Å². The molecule has 1 aliphatic heterocycles. The Labute approximate surface area is 73.0 Å². The molecular weight excluding hydrogens is 148 g/mol. The van der Waals surface area contributed by atoms with Gasteiger partial charge in [-0.2, -0.15) is 0 Å². The van der Waals surface area contributed by atoms with Gasteiger partial charge >= 0.3 is 0 Å². The van der Waals surface area contributed by atoms with E-state index < -0.39 is 0 Å². The molecule has 1 fully saturated rings. The largest absolute Gasteiger partial charge is 0.308 e. The van der Waals surface area contributed by atoms with E-state index in [4.69, 9.17) is 0 Å². The summed E-state index contributed by atoms with van der Waals surface area (Å²) < 4.78 is 0. The zero-order valence-electron chi connectivity index (χ0n) is 7.33. The summed E-state index contributed by atoms with van der Waals surface area (Å²) in [4.78, 5) is 4.35. The standard InChI is InChI=1S/C10H14N2/c1-8-5-7-12-10(8)9-4-2-3-6-11-9/h2-4,6,8,10,12H,5,7H2,1H3. The number of nitrogens with zero attached hydrogens (tertiary/aromatic N) is 1. The number of hydrogen-bond acceptors (Lipinski definition) is 2. The van der Waals surface area contributed by atoms with Crippen molar-refractivity contribution in [2.45, 2.75) is 19.4 Å². The van der Waals surface area contributed by atoms with Crippen LogP contribution in [0.15, 0.2) is 24.4 Å². The first kappa shape index (κ1) is 7.74. The highest BCUT2D eigenvalue weighted by Gasteiger charge is 2.24. The Hall–Kier alpha value is -0.890. The molecule has 0 spiro atoms. The summed E-state index contributed by atoms with van der Waals surface area (Å²) in [7, 11) is 0. The molecule has 2 rings (SSSR count). The molecule has 0 saturated carbocycles. The first-order valence-corrected chi connectivity index (χ1v) is 4.52. The van der Waals surface area contributed by atoms with Crippen molar-refractivity contribution in [2.24, 2.45) is 5.92 Å². The lowest BCUT2D eigenvalue weighted by molar-refractivity contribution is 0.492. The van der Waals surface area contributed by atoms with Crippen molar-refractivity contribution in [1.82, 2.24) is 10.3 Å². The van der Waals surface area contributed by atoms with Crippen LogP contribution in [-0.2, 0) is 0 Å². The minimum atomic E-state index is 0.478. The zero-order valence-corrected chi connectivity index (χ0v) is 7.33. The van der Waals surface area contributed by atoms with Gasteiger partial charge in [0.25, 0.3) is 0 Å². The van der Waals surface area contributed by atoms with E-state index in [9.17, 15) is 0 Å². The number of pyridine rings is 1. The molecule has 0 bridgehead atoms. The van der Waals surface area contributed by atoms with Crippen LogP contribution in [0.1, 0.15) is 25.1 Å². The molecule has 2 unspecified atom stereocenters. The lowest BCUT2D eigenvalue weighted by Gasteiger charge is -2.13. The van der Waals surface area contributed by atoms with Crippen molar-refractivity contribution in [2.75, 3.05) is 6.54 Å². The molecule has 1 aromatic rings. The van der Waals surface area contributed by atoms with Crippen molar-refractivity contribution >= 4 is 0 Å². The van der Waals surface area contributed by atoms with Gasteiger partial charge in [0.1, 0.15) is 0 Å². The summed E-state index contributed by atoms with van der Waals surface area (Å²) in [5, 5.41) is 3.46. The Morgan fingerprint density at radius 1 is 1.50 bits per heavy atom. The molecule has 2 heterocycles. The van der Waals surface area contributed by atoms with Gasteiger partial charge in [-0.1, -0.05) is 13.0 Å². The molecule has 1 aliphatic rings. The first-order valence-electron chi connectivity index (χ1n) is 4.52. The number of rotatable bonds is 1. The smallest absolute Gasteiger partial charge is 0.0575 e. The fraction of sp³-hybridized carbons (Fsp3) is 0.500. The molecular formula is C10H14N2. The van der Waals surface area contributed by atoms with Gasteiger partial charge in [-0.15, -0.1) is 0 Å². The third kappa shape index (κ3) is 1.34. The predicted molar refractivity (Wildman–Crippen MR) is 48.8 cm³/mol. The Morgan fingerprint density at radius 3 is 3.00 bits per heavy atom. The quantitative estimate of drug-likeness (QED) is 0.680. The fourth-order valence-corrected chi connectivity index (χ4v) is 1.79. The van der Waals surface area contributed by atoms with Crippen molar-refractivity contribution in [3.8, 4) is 0 Å². The van der Waals surface area contributed by atoms with Crippen LogP contribution in [0.5, 0.6) is 0 Å². The van der Waals surface area contributed by atoms with Gasteiger partial charge in [0.15, 0.2) is 0 Å². The van der Waals surface area contributed by atoms with Crippen LogP contribution in [0.4, 0.5) is 0 Å². The summed E-state index contributed by atoms with van der Waals surface area (Å²) in [6, 6.07) is 6.59. The van der Waals surface area contributed by atoms with E-state index in [-0.39, 0.29) is 0 Å². The highest BCUT2D eigenvalue weighted by Crippen LogP contribution is 2.26. The predicted octanol–water partition coefficient (Wildman–Crippen LogP) is 1.75. The number of hydrogen-bond donors (Lipinski definition) is 1. The molecule has 1 aromatic heterocycles. The molecule has 64 valence electrons. The van der Waals surface area contributed by atoms with Gasteiger partial charge in [-0.25, -0.2) is 0 Å². The molecule has 1 N–H and O–H groups in total. The van der Waals surface area contributed by atoms with Gasteiger partial charge < -0.3 is 5.32 Å². The van der Waals surface area contributed by atoms with Gasteiger partial charge in [-0.05, 0) is 31.0 Å². The first-order chi connectivity index (χ1) is 5.88. The summed E-state index contributed by atoms with van der Waals surface area (Å²) in [5.41, 5.74) is 1.18. The number of nitrogens with one attached hydrogen (secondary N) is 1. The van der Waals surface area contributed by atoms with E-state index in [2.05, 4.69) is 29.4 Å². The molecule has 2 atom stereocenters. The van der Waals surface area contributed by atoms with E-state index in [1.807, 2.05) is 12.3 Å². The summed E-state index contributed by atoms with van der Waals surface area (Å²) in [5.74, 6) is 0.722. The molecule has 0 radical (unpaired) electrons. The lowest BCUT2D eigenvalue weighted by Crippen LogP contribution is -2.17. The Bertz CT molecular complexity index is 245. The second-order valence-electron chi connectivity index (χ2n) is 3.45. The zero-order chi connectivity index (χ0) is 8.39. The van der Waals surface area contributed by atoms with Crippen LogP contribution < -0.4 is 5.32 Å². The second kappa shape index (κ2) is 3.23. The normalized spacial score (nSPS) is 29.1. The van der Waals surface area contributed by atoms with Crippen molar-refractivity contribution in [1.29, 1.82) is 0 Å². The van der Waals surface area contributed by atoms with Crippen LogP contribution in [0.3, 0.4) is 0 Å². The maximum Gasteiger partial charge on any atom is 0.0575 e. The average Bonchev–Trinajstić information content (AvgIpc) is 2.53. The average molecular weight is 162 g/mol. The van der Waals surface area contributed by atoms with Crippen LogP contribution >= 0.6 is 0 Å². The van der Waals surface area contributed by atoms with Crippen LogP contribution in [0.2, 0.25) is 0 Å². The summed E-state index contributed by atoms with van der Waals surface area (Å²) in [6.45, 7) is 3.40. The molecule has 0 amide bonds. The van der Waals surface area contributed by atoms with Crippen molar-refractivity contribution in [3.63, 3.8) is 0 Å².